The van der Waals surface area contributed by atoms with Gasteiger partial charge in [0.15, 0.2) is 0 Å². The number of para-hydroxylation sites is 1. The summed E-state index contributed by atoms with van der Waals surface area (Å²) < 4.78 is 6.40. The van der Waals surface area contributed by atoms with E-state index in [1.807, 2.05) is 6.07 Å². The number of fused-ring (bicyclic) bond motifs is 9. The zero-order valence-corrected chi connectivity index (χ0v) is 32.6. The van der Waals surface area contributed by atoms with Crippen LogP contribution in [0.4, 0.5) is 17.1 Å². The Bertz CT molecular complexity index is 3200. The van der Waals surface area contributed by atoms with Crippen molar-refractivity contribution in [3.8, 4) is 22.3 Å². The minimum Gasteiger partial charge on any atom is -0.456 e. The summed E-state index contributed by atoms with van der Waals surface area (Å²) in [5.74, 6) is 0. The van der Waals surface area contributed by atoms with Crippen LogP contribution in [0.2, 0.25) is 0 Å². The van der Waals surface area contributed by atoms with Gasteiger partial charge in [-0.2, -0.15) is 0 Å². The van der Waals surface area contributed by atoms with Crippen molar-refractivity contribution in [3.63, 3.8) is 0 Å². The summed E-state index contributed by atoms with van der Waals surface area (Å²) in [6.07, 6.45) is 0. The molecule has 1 unspecified atom stereocenters. The van der Waals surface area contributed by atoms with E-state index in [-0.39, 0.29) is 5.41 Å². The molecule has 0 aliphatic heterocycles. The van der Waals surface area contributed by atoms with Crippen molar-refractivity contribution in [1.29, 1.82) is 0 Å². The summed E-state index contributed by atoms with van der Waals surface area (Å²) in [7, 11) is 0. The zero-order chi connectivity index (χ0) is 39.1. The van der Waals surface area contributed by atoms with Crippen LogP contribution in [0.1, 0.15) is 45.9 Å². The van der Waals surface area contributed by atoms with E-state index in [9.17, 15) is 0 Å². The number of nitrogens with zero attached hydrogens (tertiary/aromatic N) is 1. The van der Waals surface area contributed by atoms with Crippen molar-refractivity contribution >= 4 is 39.0 Å². The first-order valence-corrected chi connectivity index (χ1v) is 20.5. The monoisotopic (exact) mass is 753 g/mol. The molecule has 0 bridgehead atoms. The van der Waals surface area contributed by atoms with E-state index in [0.717, 1.165) is 39.0 Å². The van der Waals surface area contributed by atoms with Gasteiger partial charge in [0.25, 0.3) is 0 Å². The molecule has 278 valence electrons. The normalized spacial score (nSPS) is 15.7. The Labute approximate surface area is 344 Å². The SMILES string of the molecule is CC1(c2ccccc2)c2ccccc2-c2c(N(c3ccc4c(c3)C(c3ccccc3)(c3ccccc3)c3ccccc3-4)c3ccc4oc5ccccc5c4c3)cccc21. The van der Waals surface area contributed by atoms with Gasteiger partial charge in [0.05, 0.1) is 11.1 Å². The second kappa shape index (κ2) is 12.8. The molecule has 9 aromatic carbocycles. The van der Waals surface area contributed by atoms with E-state index in [1.165, 1.54) is 61.2 Å². The van der Waals surface area contributed by atoms with Crippen molar-refractivity contribution in [2.45, 2.75) is 17.8 Å². The molecular weight excluding hydrogens is 715 g/mol. The molecule has 12 rings (SSSR count). The maximum absolute atomic E-state index is 6.40. The largest absolute Gasteiger partial charge is 0.456 e. The van der Waals surface area contributed by atoms with Crippen LogP contribution in [0.15, 0.2) is 223 Å². The highest BCUT2D eigenvalue weighted by Gasteiger charge is 2.47. The summed E-state index contributed by atoms with van der Waals surface area (Å²) in [5, 5.41) is 2.21. The molecule has 1 aromatic heterocycles. The van der Waals surface area contributed by atoms with Gasteiger partial charge in [0.2, 0.25) is 0 Å². The van der Waals surface area contributed by atoms with Crippen LogP contribution in [-0.4, -0.2) is 0 Å². The van der Waals surface area contributed by atoms with Gasteiger partial charge < -0.3 is 9.32 Å². The molecule has 0 amide bonds. The van der Waals surface area contributed by atoms with Gasteiger partial charge in [-0.15, -0.1) is 0 Å². The minimum atomic E-state index is -0.530. The summed E-state index contributed by atoms with van der Waals surface area (Å²) in [6, 6.07) is 80.2. The van der Waals surface area contributed by atoms with Gasteiger partial charge in [-0.05, 0) is 105 Å². The summed E-state index contributed by atoms with van der Waals surface area (Å²) >= 11 is 0. The predicted octanol–water partition coefficient (Wildman–Crippen LogP) is 14.8. The van der Waals surface area contributed by atoms with Gasteiger partial charge >= 0.3 is 0 Å². The highest BCUT2D eigenvalue weighted by molar-refractivity contribution is 6.07. The lowest BCUT2D eigenvalue weighted by atomic mass is 9.67. The fraction of sp³-hybridized carbons (Fsp3) is 0.0526. The zero-order valence-electron chi connectivity index (χ0n) is 32.6. The van der Waals surface area contributed by atoms with Gasteiger partial charge in [-0.1, -0.05) is 176 Å². The van der Waals surface area contributed by atoms with E-state index in [1.54, 1.807) is 0 Å². The van der Waals surface area contributed by atoms with Crippen LogP contribution in [0.3, 0.4) is 0 Å². The molecule has 2 nitrogen and oxygen atoms in total. The Balaban J connectivity index is 1.17. The fourth-order valence-electron chi connectivity index (χ4n) is 10.6. The summed E-state index contributed by atoms with van der Waals surface area (Å²) in [6.45, 7) is 2.39. The first-order chi connectivity index (χ1) is 29.2. The molecule has 0 radical (unpaired) electrons. The third-order valence-electron chi connectivity index (χ3n) is 13.2. The van der Waals surface area contributed by atoms with Gasteiger partial charge in [-0.25, -0.2) is 0 Å². The number of benzene rings is 9. The second-order valence-electron chi connectivity index (χ2n) is 16.1. The molecule has 0 saturated heterocycles. The maximum atomic E-state index is 6.40. The molecule has 2 heteroatoms. The van der Waals surface area contributed by atoms with E-state index >= 15 is 0 Å². The van der Waals surface area contributed by atoms with Gasteiger partial charge in [0.1, 0.15) is 11.2 Å². The molecule has 2 aliphatic carbocycles. The number of hydrogen-bond acceptors (Lipinski definition) is 2. The van der Waals surface area contributed by atoms with E-state index in [4.69, 9.17) is 4.42 Å². The molecule has 0 N–H and O–H groups in total. The summed E-state index contributed by atoms with van der Waals surface area (Å²) in [4.78, 5) is 2.50. The van der Waals surface area contributed by atoms with E-state index in [0.29, 0.717) is 0 Å². The highest BCUT2D eigenvalue weighted by Crippen LogP contribution is 2.59. The van der Waals surface area contributed by atoms with Crippen LogP contribution < -0.4 is 4.90 Å². The molecule has 1 heterocycles. The Morgan fingerprint density at radius 1 is 0.373 bits per heavy atom. The number of furan rings is 1. The van der Waals surface area contributed by atoms with Crippen molar-refractivity contribution in [3.05, 3.63) is 257 Å². The molecule has 2 aliphatic rings. The van der Waals surface area contributed by atoms with Crippen LogP contribution in [0, 0.1) is 0 Å². The highest BCUT2D eigenvalue weighted by atomic mass is 16.3. The molecule has 0 saturated carbocycles. The average Bonchev–Trinajstić information content (AvgIpc) is 3.92. The number of rotatable bonds is 6. The maximum Gasteiger partial charge on any atom is 0.135 e. The van der Waals surface area contributed by atoms with E-state index < -0.39 is 5.41 Å². The lowest BCUT2D eigenvalue weighted by Gasteiger charge is -2.35. The van der Waals surface area contributed by atoms with Crippen molar-refractivity contribution in [1.82, 2.24) is 0 Å². The Morgan fingerprint density at radius 3 is 1.66 bits per heavy atom. The predicted molar refractivity (Wildman–Crippen MR) is 243 cm³/mol. The standard InChI is InChI=1S/C57H39NO/c1-56(38-18-5-2-6-19-38)48-27-14-12-26-46(48)55-50(56)29-17-30-52(55)58(41-33-35-54-47(36-41)45-25-13-16-31-53(45)59-54)42-32-34-44-43-24-11-15-28-49(43)57(51(44)37-42,39-20-7-3-8-21-39)40-22-9-4-10-23-40/h2-37H,1H3. The quantitative estimate of drug-likeness (QED) is 0.168. The van der Waals surface area contributed by atoms with Crippen LogP contribution in [0.5, 0.6) is 0 Å². The van der Waals surface area contributed by atoms with Crippen LogP contribution in [0.25, 0.3) is 44.2 Å². The Hall–Kier alpha value is -7.42. The smallest absolute Gasteiger partial charge is 0.135 e. The summed E-state index contributed by atoms with van der Waals surface area (Å²) in [5.41, 5.74) is 18.3. The molecule has 0 fully saturated rings. The Morgan fingerprint density at radius 2 is 0.915 bits per heavy atom. The van der Waals surface area contributed by atoms with Crippen molar-refractivity contribution in [2.24, 2.45) is 0 Å². The number of anilines is 3. The third kappa shape index (κ3) is 4.69. The molecule has 59 heavy (non-hydrogen) atoms. The van der Waals surface area contributed by atoms with E-state index in [2.05, 4.69) is 224 Å². The lowest BCUT2D eigenvalue weighted by molar-refractivity contribution is 0.669. The van der Waals surface area contributed by atoms with Crippen LogP contribution in [-0.2, 0) is 10.8 Å². The molecule has 1 atom stereocenters. The van der Waals surface area contributed by atoms with Crippen LogP contribution >= 0.6 is 0 Å². The van der Waals surface area contributed by atoms with Crippen molar-refractivity contribution in [2.75, 3.05) is 4.90 Å². The first-order valence-electron chi connectivity index (χ1n) is 20.5. The average molecular weight is 754 g/mol. The molecule has 10 aromatic rings. The Kier molecular flexibility index (Phi) is 7.31. The lowest BCUT2D eigenvalue weighted by Crippen LogP contribution is -2.28. The molecule has 0 spiro atoms. The topological polar surface area (TPSA) is 16.4 Å². The minimum absolute atomic E-state index is 0.338. The second-order valence-corrected chi connectivity index (χ2v) is 16.1. The van der Waals surface area contributed by atoms with Gasteiger partial charge in [0, 0.05) is 33.1 Å². The fourth-order valence-corrected chi connectivity index (χ4v) is 10.6. The first kappa shape index (κ1) is 33.7. The molecular formula is C57H39NO. The van der Waals surface area contributed by atoms with Gasteiger partial charge in [-0.3, -0.25) is 0 Å². The number of hydrogen-bond donors (Lipinski definition) is 0. The third-order valence-corrected chi connectivity index (χ3v) is 13.2. The van der Waals surface area contributed by atoms with Crippen molar-refractivity contribution < 1.29 is 4.42 Å².